The predicted octanol–water partition coefficient (Wildman–Crippen LogP) is 2.21. The molecule has 0 radical (unpaired) electrons. The van der Waals surface area contributed by atoms with Crippen molar-refractivity contribution in [3.05, 3.63) is 23.7 Å². The first-order valence-electron chi connectivity index (χ1n) is 7.30. The van der Waals surface area contributed by atoms with Crippen molar-refractivity contribution in [1.82, 2.24) is 4.90 Å². The second-order valence-corrected chi connectivity index (χ2v) is 5.50. The fourth-order valence-corrected chi connectivity index (χ4v) is 3.32. The number of morpholine rings is 1. The average Bonchev–Trinajstić information content (AvgIpc) is 2.95. The summed E-state index contributed by atoms with van der Waals surface area (Å²) < 4.78 is 15.9. The van der Waals surface area contributed by atoms with E-state index in [1.54, 1.807) is 6.26 Å². The molecule has 1 saturated carbocycles. The second kappa shape index (κ2) is 5.97. The van der Waals surface area contributed by atoms with Gasteiger partial charge in [-0.3, -0.25) is 4.90 Å². The molecule has 2 atom stereocenters. The summed E-state index contributed by atoms with van der Waals surface area (Å²) in [5.74, 6) is -0.0789. The lowest BCUT2D eigenvalue weighted by molar-refractivity contribution is -0.0912. The fourth-order valence-electron chi connectivity index (χ4n) is 3.32. The lowest BCUT2D eigenvalue weighted by Gasteiger charge is -2.43. The van der Waals surface area contributed by atoms with Gasteiger partial charge < -0.3 is 13.9 Å². The number of esters is 1. The predicted molar refractivity (Wildman–Crippen MR) is 72.5 cm³/mol. The molecule has 0 spiro atoms. The van der Waals surface area contributed by atoms with E-state index in [0.29, 0.717) is 17.9 Å². The summed E-state index contributed by atoms with van der Waals surface area (Å²) >= 11 is 0. The minimum absolute atomic E-state index is 0.325. The summed E-state index contributed by atoms with van der Waals surface area (Å²) in [4.78, 5) is 14.1. The summed E-state index contributed by atoms with van der Waals surface area (Å²) in [7, 11) is 1.38. The van der Waals surface area contributed by atoms with Gasteiger partial charge in [-0.25, -0.2) is 4.79 Å². The van der Waals surface area contributed by atoms with E-state index in [1.807, 2.05) is 6.07 Å². The number of methoxy groups -OCH3 is 1. The molecule has 2 fully saturated rings. The standard InChI is InChI=1S/C15H21NO4/c1-18-15(17)14-11(6-8-20-14)10-16-7-9-19-13-5-3-2-4-12(13)16/h6,8,12-13H,2-5,7,9-10H2,1H3. The molecule has 0 aromatic carbocycles. The molecule has 0 bridgehead atoms. The van der Waals surface area contributed by atoms with Gasteiger partial charge in [-0.05, 0) is 18.9 Å². The van der Waals surface area contributed by atoms with Crippen LogP contribution < -0.4 is 0 Å². The topological polar surface area (TPSA) is 51.9 Å². The SMILES string of the molecule is COC(=O)c1occc1CN1CCOC2CCCCC21. The summed E-state index contributed by atoms with van der Waals surface area (Å²) in [5.41, 5.74) is 0.906. The lowest BCUT2D eigenvalue weighted by Crippen LogP contribution is -2.52. The summed E-state index contributed by atoms with van der Waals surface area (Å²) in [6.45, 7) is 2.41. The largest absolute Gasteiger partial charge is 0.463 e. The van der Waals surface area contributed by atoms with Gasteiger partial charge in [-0.1, -0.05) is 12.8 Å². The Balaban J connectivity index is 1.73. The Bertz CT molecular complexity index is 468. The van der Waals surface area contributed by atoms with Crippen molar-refractivity contribution >= 4 is 5.97 Å². The maximum absolute atomic E-state index is 11.7. The number of hydrogen-bond acceptors (Lipinski definition) is 5. The van der Waals surface area contributed by atoms with Gasteiger partial charge >= 0.3 is 5.97 Å². The second-order valence-electron chi connectivity index (χ2n) is 5.50. The van der Waals surface area contributed by atoms with E-state index in [4.69, 9.17) is 13.9 Å². The van der Waals surface area contributed by atoms with Crippen molar-refractivity contribution in [3.8, 4) is 0 Å². The number of fused-ring (bicyclic) bond motifs is 1. The maximum atomic E-state index is 11.7. The first kappa shape index (κ1) is 13.6. The third kappa shape index (κ3) is 2.60. The number of rotatable bonds is 3. The third-order valence-corrected chi connectivity index (χ3v) is 4.34. The third-order valence-electron chi connectivity index (χ3n) is 4.34. The molecule has 0 amide bonds. The van der Waals surface area contributed by atoms with Crippen molar-refractivity contribution in [2.24, 2.45) is 0 Å². The van der Waals surface area contributed by atoms with E-state index in [1.165, 1.54) is 26.4 Å². The molecule has 1 aliphatic carbocycles. The molecule has 1 aromatic heterocycles. The Labute approximate surface area is 118 Å². The number of ether oxygens (including phenoxy) is 2. The minimum Gasteiger partial charge on any atom is -0.463 e. The molecule has 2 aliphatic rings. The van der Waals surface area contributed by atoms with Crippen LogP contribution in [-0.4, -0.2) is 43.3 Å². The quantitative estimate of drug-likeness (QED) is 0.794. The Kier molecular flexibility index (Phi) is 4.08. The highest BCUT2D eigenvalue weighted by Gasteiger charge is 2.34. The first-order valence-corrected chi connectivity index (χ1v) is 7.30. The van der Waals surface area contributed by atoms with Crippen LogP contribution in [0, 0.1) is 0 Å². The molecular weight excluding hydrogens is 258 g/mol. The van der Waals surface area contributed by atoms with Crippen molar-refractivity contribution in [2.45, 2.75) is 44.4 Å². The van der Waals surface area contributed by atoms with Gasteiger partial charge in [0.25, 0.3) is 0 Å². The van der Waals surface area contributed by atoms with E-state index in [0.717, 1.165) is 31.7 Å². The monoisotopic (exact) mass is 279 g/mol. The van der Waals surface area contributed by atoms with E-state index < -0.39 is 5.97 Å². The van der Waals surface area contributed by atoms with Gasteiger partial charge in [-0.15, -0.1) is 0 Å². The van der Waals surface area contributed by atoms with Gasteiger partial charge in [0.1, 0.15) is 0 Å². The van der Waals surface area contributed by atoms with Crippen LogP contribution in [0.15, 0.2) is 16.7 Å². The van der Waals surface area contributed by atoms with Crippen LogP contribution >= 0.6 is 0 Å². The highest BCUT2D eigenvalue weighted by molar-refractivity contribution is 5.87. The van der Waals surface area contributed by atoms with E-state index in [9.17, 15) is 4.79 Å². The van der Waals surface area contributed by atoms with Gasteiger partial charge in [0.2, 0.25) is 5.76 Å². The molecular formula is C15H21NO4. The zero-order valence-electron chi connectivity index (χ0n) is 11.8. The highest BCUT2D eigenvalue weighted by atomic mass is 16.5. The van der Waals surface area contributed by atoms with Crippen molar-refractivity contribution in [2.75, 3.05) is 20.3 Å². The molecule has 110 valence electrons. The molecule has 5 nitrogen and oxygen atoms in total. The smallest absolute Gasteiger partial charge is 0.374 e. The molecule has 1 aliphatic heterocycles. The van der Waals surface area contributed by atoms with Crippen molar-refractivity contribution < 1.29 is 18.7 Å². The minimum atomic E-state index is -0.404. The molecule has 2 heterocycles. The molecule has 2 unspecified atom stereocenters. The van der Waals surface area contributed by atoms with Crippen molar-refractivity contribution in [1.29, 1.82) is 0 Å². The van der Waals surface area contributed by atoms with Crippen LogP contribution in [0.1, 0.15) is 41.8 Å². The van der Waals surface area contributed by atoms with Crippen LogP contribution in [0.4, 0.5) is 0 Å². The Morgan fingerprint density at radius 2 is 2.30 bits per heavy atom. The Morgan fingerprint density at radius 3 is 3.15 bits per heavy atom. The molecule has 3 rings (SSSR count). The van der Waals surface area contributed by atoms with Crippen LogP contribution in [-0.2, 0) is 16.0 Å². The van der Waals surface area contributed by atoms with Gasteiger partial charge in [0.15, 0.2) is 0 Å². The first-order chi connectivity index (χ1) is 9.79. The summed E-state index contributed by atoms with van der Waals surface area (Å²) in [5, 5.41) is 0. The zero-order chi connectivity index (χ0) is 13.9. The van der Waals surface area contributed by atoms with Gasteiger partial charge in [-0.2, -0.15) is 0 Å². The summed E-state index contributed by atoms with van der Waals surface area (Å²) in [6, 6.07) is 2.33. The average molecular weight is 279 g/mol. The highest BCUT2D eigenvalue weighted by Crippen LogP contribution is 2.30. The summed E-state index contributed by atoms with van der Waals surface area (Å²) in [6.07, 6.45) is 6.75. The van der Waals surface area contributed by atoms with E-state index >= 15 is 0 Å². The number of carbonyl (C=O) groups is 1. The van der Waals surface area contributed by atoms with Crippen LogP contribution in [0.3, 0.4) is 0 Å². The van der Waals surface area contributed by atoms with E-state index in [2.05, 4.69) is 4.90 Å². The molecule has 0 N–H and O–H groups in total. The van der Waals surface area contributed by atoms with Crippen molar-refractivity contribution in [3.63, 3.8) is 0 Å². The number of furan rings is 1. The van der Waals surface area contributed by atoms with Gasteiger partial charge in [0.05, 0.1) is 26.1 Å². The molecule has 1 aromatic rings. The molecule has 1 saturated heterocycles. The number of hydrogen-bond donors (Lipinski definition) is 0. The van der Waals surface area contributed by atoms with Crippen LogP contribution in [0.25, 0.3) is 0 Å². The number of nitrogens with zero attached hydrogens (tertiary/aromatic N) is 1. The number of carbonyl (C=O) groups excluding carboxylic acids is 1. The fraction of sp³-hybridized carbons (Fsp3) is 0.667. The maximum Gasteiger partial charge on any atom is 0.374 e. The van der Waals surface area contributed by atoms with E-state index in [-0.39, 0.29) is 0 Å². The molecule has 5 heteroatoms. The molecule has 20 heavy (non-hydrogen) atoms. The normalized spacial score (nSPS) is 27.1. The van der Waals surface area contributed by atoms with Crippen LogP contribution in [0.2, 0.25) is 0 Å². The zero-order valence-corrected chi connectivity index (χ0v) is 11.8. The lowest BCUT2D eigenvalue weighted by atomic mass is 9.90. The Hall–Kier alpha value is -1.33. The van der Waals surface area contributed by atoms with Crippen LogP contribution in [0.5, 0.6) is 0 Å². The van der Waals surface area contributed by atoms with Gasteiger partial charge in [0, 0.05) is 24.7 Å². The Morgan fingerprint density at radius 1 is 1.45 bits per heavy atom.